The number of halogens is 3. The highest BCUT2D eigenvalue weighted by Gasteiger charge is 2.34. The van der Waals surface area contributed by atoms with E-state index in [2.05, 4.69) is 0 Å². The molecule has 7 nitrogen and oxygen atoms in total. The minimum Gasteiger partial charge on any atom is -0.508 e. The standard InChI is InChI=1S/C24H21F3N4O3/c25-24(26,27)17-6-4-15(5-7-17)22(33)31-9-8-19-20(16-2-1-3-18(32)14-16)28-23(29-21(19)31)30-10-12-34-13-11-30/h1-7,14,32H,8-13H2. The molecule has 2 aliphatic rings. The largest absolute Gasteiger partial charge is 0.508 e. The number of ether oxygens (including phenoxy) is 1. The van der Waals surface area contributed by atoms with E-state index in [-0.39, 0.29) is 11.3 Å². The fourth-order valence-corrected chi connectivity index (χ4v) is 4.20. The zero-order valence-electron chi connectivity index (χ0n) is 18.0. The van der Waals surface area contributed by atoms with Crippen LogP contribution in [0.3, 0.4) is 0 Å². The van der Waals surface area contributed by atoms with E-state index >= 15 is 0 Å². The Morgan fingerprint density at radius 3 is 2.41 bits per heavy atom. The van der Waals surface area contributed by atoms with Crippen molar-refractivity contribution in [2.24, 2.45) is 0 Å². The third-order valence-electron chi connectivity index (χ3n) is 5.93. The van der Waals surface area contributed by atoms with E-state index in [1.165, 1.54) is 17.0 Å². The number of benzene rings is 2. The average Bonchev–Trinajstić information content (AvgIpc) is 3.27. The normalized spacial score (nSPS) is 16.0. The molecule has 0 bridgehead atoms. The van der Waals surface area contributed by atoms with Gasteiger partial charge in [0.15, 0.2) is 0 Å². The summed E-state index contributed by atoms with van der Waals surface area (Å²) < 4.78 is 44.2. The molecule has 1 saturated heterocycles. The number of hydrogen-bond acceptors (Lipinski definition) is 6. The summed E-state index contributed by atoms with van der Waals surface area (Å²) in [5, 5.41) is 9.99. The number of aromatic nitrogens is 2. The monoisotopic (exact) mass is 470 g/mol. The van der Waals surface area contributed by atoms with E-state index < -0.39 is 17.6 Å². The Bertz CT molecular complexity index is 1230. The smallest absolute Gasteiger partial charge is 0.416 e. The predicted molar refractivity (Wildman–Crippen MR) is 119 cm³/mol. The number of hydrogen-bond donors (Lipinski definition) is 1. The number of anilines is 2. The molecule has 10 heteroatoms. The van der Waals surface area contributed by atoms with Crippen LogP contribution < -0.4 is 9.80 Å². The molecular formula is C24H21F3N4O3. The highest BCUT2D eigenvalue weighted by molar-refractivity contribution is 6.07. The summed E-state index contributed by atoms with van der Waals surface area (Å²) >= 11 is 0. The lowest BCUT2D eigenvalue weighted by Gasteiger charge is -2.28. The van der Waals surface area contributed by atoms with Crippen LogP contribution in [0.4, 0.5) is 24.9 Å². The van der Waals surface area contributed by atoms with Crippen LogP contribution in [0.2, 0.25) is 0 Å². The molecule has 5 rings (SSSR count). The number of morpholine rings is 1. The number of nitrogens with zero attached hydrogens (tertiary/aromatic N) is 4. The van der Waals surface area contributed by atoms with Gasteiger partial charge < -0.3 is 14.7 Å². The molecule has 0 saturated carbocycles. The summed E-state index contributed by atoms with van der Waals surface area (Å²) in [5.74, 6) is 0.529. The number of carbonyl (C=O) groups excluding carboxylic acids is 1. The van der Waals surface area contributed by atoms with Crippen molar-refractivity contribution >= 4 is 17.7 Å². The second-order valence-electron chi connectivity index (χ2n) is 8.11. The van der Waals surface area contributed by atoms with Crippen LogP contribution in [0.5, 0.6) is 5.75 Å². The first-order valence-electron chi connectivity index (χ1n) is 10.8. The summed E-state index contributed by atoms with van der Waals surface area (Å²) in [6.45, 7) is 2.55. The molecule has 1 amide bonds. The fraction of sp³-hybridized carbons (Fsp3) is 0.292. The Balaban J connectivity index is 1.56. The number of alkyl halides is 3. The van der Waals surface area contributed by atoms with Gasteiger partial charge in [0.2, 0.25) is 5.95 Å². The number of phenolic OH excluding ortho intramolecular Hbond substituents is 1. The van der Waals surface area contributed by atoms with Crippen molar-refractivity contribution in [3.63, 3.8) is 0 Å². The molecule has 0 radical (unpaired) electrons. The number of aromatic hydroxyl groups is 1. The van der Waals surface area contributed by atoms with Gasteiger partial charge in [-0.1, -0.05) is 12.1 Å². The van der Waals surface area contributed by atoms with Crippen LogP contribution in [0.1, 0.15) is 21.5 Å². The van der Waals surface area contributed by atoms with Gasteiger partial charge >= 0.3 is 6.18 Å². The second-order valence-corrected chi connectivity index (χ2v) is 8.11. The maximum absolute atomic E-state index is 13.3. The lowest BCUT2D eigenvalue weighted by Crippen LogP contribution is -2.38. The molecule has 0 spiro atoms. The number of amides is 1. The zero-order chi connectivity index (χ0) is 23.9. The molecule has 1 aromatic heterocycles. The Morgan fingerprint density at radius 2 is 1.74 bits per heavy atom. The van der Waals surface area contributed by atoms with Crippen LogP contribution in [0.25, 0.3) is 11.3 Å². The van der Waals surface area contributed by atoms with Gasteiger partial charge in [0, 0.05) is 36.3 Å². The summed E-state index contributed by atoms with van der Waals surface area (Å²) in [4.78, 5) is 26.2. The molecule has 3 aromatic rings. The second kappa shape index (κ2) is 8.60. The first-order chi connectivity index (χ1) is 16.3. The van der Waals surface area contributed by atoms with Gasteiger partial charge in [0.05, 0.1) is 24.5 Å². The zero-order valence-corrected chi connectivity index (χ0v) is 18.0. The third kappa shape index (κ3) is 4.16. The molecule has 2 aliphatic heterocycles. The molecule has 3 heterocycles. The van der Waals surface area contributed by atoms with E-state index in [0.29, 0.717) is 62.3 Å². The molecule has 1 N–H and O–H groups in total. The average molecular weight is 470 g/mol. The van der Waals surface area contributed by atoms with Gasteiger partial charge in [-0.25, -0.2) is 4.98 Å². The van der Waals surface area contributed by atoms with Crippen molar-refractivity contribution in [3.8, 4) is 17.0 Å². The van der Waals surface area contributed by atoms with Gasteiger partial charge in [-0.2, -0.15) is 18.2 Å². The van der Waals surface area contributed by atoms with E-state index in [1.54, 1.807) is 18.2 Å². The van der Waals surface area contributed by atoms with Crippen molar-refractivity contribution in [3.05, 3.63) is 65.2 Å². The number of fused-ring (bicyclic) bond motifs is 1. The Labute approximate surface area is 193 Å². The van der Waals surface area contributed by atoms with Gasteiger partial charge in [0.25, 0.3) is 5.91 Å². The van der Waals surface area contributed by atoms with Gasteiger partial charge in [-0.05, 0) is 42.8 Å². The van der Waals surface area contributed by atoms with Gasteiger partial charge in [0.1, 0.15) is 11.6 Å². The van der Waals surface area contributed by atoms with Crippen LogP contribution in [-0.2, 0) is 17.3 Å². The van der Waals surface area contributed by atoms with Crippen molar-refractivity contribution in [2.75, 3.05) is 42.6 Å². The predicted octanol–water partition coefficient (Wildman–Crippen LogP) is 3.91. The summed E-state index contributed by atoms with van der Waals surface area (Å²) in [7, 11) is 0. The maximum atomic E-state index is 13.3. The summed E-state index contributed by atoms with van der Waals surface area (Å²) in [6, 6.07) is 10.9. The summed E-state index contributed by atoms with van der Waals surface area (Å²) in [6.07, 6.45) is -3.99. The highest BCUT2D eigenvalue weighted by Crippen LogP contribution is 2.37. The maximum Gasteiger partial charge on any atom is 0.416 e. The van der Waals surface area contributed by atoms with Crippen LogP contribution in [0.15, 0.2) is 48.5 Å². The quantitative estimate of drug-likeness (QED) is 0.626. The molecular weight excluding hydrogens is 449 g/mol. The lowest BCUT2D eigenvalue weighted by molar-refractivity contribution is -0.137. The Hall–Kier alpha value is -3.66. The minimum atomic E-state index is -4.47. The van der Waals surface area contributed by atoms with Crippen LogP contribution >= 0.6 is 0 Å². The number of carbonyl (C=O) groups is 1. The van der Waals surface area contributed by atoms with Crippen LogP contribution in [0, 0.1) is 0 Å². The Kier molecular flexibility index (Phi) is 5.60. The first kappa shape index (κ1) is 22.1. The van der Waals surface area contributed by atoms with E-state index in [9.17, 15) is 23.1 Å². The molecule has 2 aromatic carbocycles. The SMILES string of the molecule is O=C(c1ccc(C(F)(F)F)cc1)N1CCc2c(-c3cccc(O)c3)nc(N3CCOCC3)nc21. The first-order valence-corrected chi connectivity index (χ1v) is 10.8. The highest BCUT2D eigenvalue weighted by atomic mass is 19.4. The topological polar surface area (TPSA) is 78.8 Å². The van der Waals surface area contributed by atoms with E-state index in [0.717, 1.165) is 17.7 Å². The molecule has 1 fully saturated rings. The van der Waals surface area contributed by atoms with Crippen molar-refractivity contribution in [1.29, 1.82) is 0 Å². The lowest BCUT2D eigenvalue weighted by atomic mass is 10.1. The van der Waals surface area contributed by atoms with Crippen molar-refractivity contribution in [2.45, 2.75) is 12.6 Å². The Morgan fingerprint density at radius 1 is 1.00 bits per heavy atom. The molecule has 34 heavy (non-hydrogen) atoms. The minimum absolute atomic E-state index is 0.0912. The van der Waals surface area contributed by atoms with Gasteiger partial charge in [-0.15, -0.1) is 0 Å². The van der Waals surface area contributed by atoms with Crippen molar-refractivity contribution < 1.29 is 27.8 Å². The third-order valence-corrected chi connectivity index (χ3v) is 5.93. The van der Waals surface area contributed by atoms with Gasteiger partial charge in [-0.3, -0.25) is 9.69 Å². The van der Waals surface area contributed by atoms with Crippen molar-refractivity contribution in [1.82, 2.24) is 9.97 Å². The number of rotatable bonds is 3. The molecule has 0 atom stereocenters. The summed E-state index contributed by atoms with van der Waals surface area (Å²) in [5.41, 5.74) is 1.39. The number of phenols is 1. The molecule has 0 unspecified atom stereocenters. The van der Waals surface area contributed by atoms with Crippen LogP contribution in [-0.4, -0.2) is 53.8 Å². The van der Waals surface area contributed by atoms with E-state index in [4.69, 9.17) is 14.7 Å². The fourth-order valence-electron chi connectivity index (χ4n) is 4.20. The molecule has 0 aliphatic carbocycles. The molecule has 176 valence electrons. The van der Waals surface area contributed by atoms with E-state index in [1.807, 2.05) is 11.0 Å².